The van der Waals surface area contributed by atoms with Gasteiger partial charge in [0.25, 0.3) is 0 Å². The van der Waals surface area contributed by atoms with Gasteiger partial charge in [0.05, 0.1) is 10.6 Å². The zero-order valence-corrected chi connectivity index (χ0v) is 21.6. The van der Waals surface area contributed by atoms with Gasteiger partial charge in [-0.05, 0) is 43.3 Å². The number of nitrogens with zero attached hydrogens (tertiary/aromatic N) is 5. The second-order valence-corrected chi connectivity index (χ2v) is 11.2. The normalized spacial score (nSPS) is 19.2. The molecule has 0 spiro atoms. The lowest BCUT2D eigenvalue weighted by molar-refractivity contribution is -0.145. The summed E-state index contributed by atoms with van der Waals surface area (Å²) in [4.78, 5) is 31.1. The van der Waals surface area contributed by atoms with E-state index < -0.39 is 0 Å². The van der Waals surface area contributed by atoms with Crippen LogP contribution in [0.3, 0.4) is 0 Å². The minimum Gasteiger partial charge on any atom is -0.338 e. The first-order valence-electron chi connectivity index (χ1n) is 12.4. The monoisotopic (exact) mass is 509 g/mol. The Labute approximate surface area is 214 Å². The maximum absolute atomic E-state index is 13.1. The van der Waals surface area contributed by atoms with Crippen molar-refractivity contribution < 1.29 is 9.59 Å². The predicted octanol–water partition coefficient (Wildman–Crippen LogP) is 4.73. The second-order valence-electron chi connectivity index (χ2n) is 9.30. The highest BCUT2D eigenvalue weighted by Crippen LogP contribution is 2.31. The number of amides is 2. The Morgan fingerprint density at radius 2 is 1.83 bits per heavy atom. The Kier molecular flexibility index (Phi) is 7.53. The van der Waals surface area contributed by atoms with Crippen molar-refractivity contribution >= 4 is 34.9 Å². The van der Waals surface area contributed by atoms with Gasteiger partial charge in [-0.3, -0.25) is 14.2 Å². The second kappa shape index (κ2) is 11.0. The molecule has 0 radical (unpaired) electrons. The van der Waals surface area contributed by atoms with E-state index in [0.29, 0.717) is 30.5 Å². The van der Waals surface area contributed by atoms with E-state index in [-0.39, 0.29) is 23.8 Å². The number of hydrogen-bond acceptors (Lipinski definition) is 6. The van der Waals surface area contributed by atoms with Crippen molar-refractivity contribution in [1.29, 1.82) is 0 Å². The summed E-state index contributed by atoms with van der Waals surface area (Å²) in [5, 5.41) is 11.6. The molecular weight excluding hydrogens is 478 g/mol. The summed E-state index contributed by atoms with van der Waals surface area (Å²) in [6.07, 6.45) is 5.57. The van der Waals surface area contributed by atoms with Gasteiger partial charge >= 0.3 is 0 Å². The Morgan fingerprint density at radius 1 is 1.03 bits per heavy atom. The molecule has 0 N–H and O–H groups in total. The highest BCUT2D eigenvalue weighted by molar-refractivity contribution is 7.99. The van der Waals surface area contributed by atoms with E-state index >= 15 is 0 Å². The number of para-hydroxylation sites is 1. The molecule has 0 bridgehead atoms. The molecule has 35 heavy (non-hydrogen) atoms. The van der Waals surface area contributed by atoms with Gasteiger partial charge in [-0.2, -0.15) is 0 Å². The summed E-state index contributed by atoms with van der Waals surface area (Å²) >= 11 is 3.03. The fourth-order valence-corrected chi connectivity index (χ4v) is 6.60. The van der Waals surface area contributed by atoms with Crippen LogP contribution >= 0.6 is 23.1 Å². The summed E-state index contributed by atoms with van der Waals surface area (Å²) in [5.74, 6) is 1.61. The van der Waals surface area contributed by atoms with E-state index in [1.54, 1.807) is 11.3 Å². The molecule has 7 nitrogen and oxygen atoms in total. The van der Waals surface area contributed by atoms with Crippen molar-refractivity contribution in [2.45, 2.75) is 50.2 Å². The molecule has 5 rings (SSSR count). The van der Waals surface area contributed by atoms with Crippen LogP contribution in [0.1, 0.15) is 39.0 Å². The lowest BCUT2D eigenvalue weighted by Crippen LogP contribution is -2.57. The SMILES string of the molecule is CC1CN(C(=O)CSc2nnc(-c3cccs3)n2-c2ccccc2)CCN1C(=O)C1CCCCC1. The number of rotatable bonds is 6. The highest BCUT2D eigenvalue weighted by atomic mass is 32.2. The molecule has 1 aliphatic heterocycles. The molecule has 2 amide bonds. The number of thiophene rings is 1. The van der Waals surface area contributed by atoms with Crippen molar-refractivity contribution in [1.82, 2.24) is 24.6 Å². The number of piperazine rings is 1. The van der Waals surface area contributed by atoms with Gasteiger partial charge in [-0.15, -0.1) is 21.5 Å². The van der Waals surface area contributed by atoms with E-state index in [0.717, 1.165) is 42.1 Å². The summed E-state index contributed by atoms with van der Waals surface area (Å²) < 4.78 is 2.02. The number of carbonyl (C=O) groups is 2. The van der Waals surface area contributed by atoms with Crippen molar-refractivity contribution in [2.75, 3.05) is 25.4 Å². The van der Waals surface area contributed by atoms with Gasteiger partial charge in [-0.25, -0.2) is 0 Å². The quantitative estimate of drug-likeness (QED) is 0.450. The summed E-state index contributed by atoms with van der Waals surface area (Å²) in [7, 11) is 0. The molecule has 1 saturated carbocycles. The third-order valence-electron chi connectivity index (χ3n) is 6.93. The topological polar surface area (TPSA) is 71.3 Å². The maximum atomic E-state index is 13.1. The Morgan fingerprint density at radius 3 is 2.54 bits per heavy atom. The first-order valence-corrected chi connectivity index (χ1v) is 14.2. The average Bonchev–Trinajstić information content (AvgIpc) is 3.58. The van der Waals surface area contributed by atoms with Crippen molar-refractivity contribution in [3.05, 3.63) is 47.8 Å². The molecule has 184 valence electrons. The molecule has 2 fully saturated rings. The van der Waals surface area contributed by atoms with Gasteiger partial charge in [0.1, 0.15) is 0 Å². The zero-order chi connectivity index (χ0) is 24.2. The van der Waals surface area contributed by atoms with Crippen LogP contribution in [0.5, 0.6) is 0 Å². The largest absolute Gasteiger partial charge is 0.338 e. The van der Waals surface area contributed by atoms with Crippen LogP contribution in [0.25, 0.3) is 16.4 Å². The van der Waals surface area contributed by atoms with Gasteiger partial charge < -0.3 is 9.80 Å². The molecular formula is C26H31N5O2S2. The number of aromatic nitrogens is 3. The maximum Gasteiger partial charge on any atom is 0.233 e. The number of hydrogen-bond donors (Lipinski definition) is 0. The van der Waals surface area contributed by atoms with E-state index in [4.69, 9.17) is 0 Å². The van der Waals surface area contributed by atoms with Crippen LogP contribution < -0.4 is 0 Å². The fraction of sp³-hybridized carbons (Fsp3) is 0.462. The minimum absolute atomic E-state index is 0.0468. The smallest absolute Gasteiger partial charge is 0.233 e. The molecule has 1 aliphatic carbocycles. The fourth-order valence-electron chi connectivity index (χ4n) is 5.05. The molecule has 1 unspecified atom stereocenters. The molecule has 3 heterocycles. The van der Waals surface area contributed by atoms with Crippen LogP contribution in [-0.4, -0.2) is 67.8 Å². The van der Waals surface area contributed by atoms with Crippen LogP contribution in [0.4, 0.5) is 0 Å². The summed E-state index contributed by atoms with van der Waals surface area (Å²) in [5.41, 5.74) is 0.972. The Hall–Kier alpha value is -2.65. The number of carbonyl (C=O) groups excluding carboxylic acids is 2. The Bertz CT molecular complexity index is 1140. The lowest BCUT2D eigenvalue weighted by atomic mass is 9.88. The lowest BCUT2D eigenvalue weighted by Gasteiger charge is -2.41. The summed E-state index contributed by atoms with van der Waals surface area (Å²) in [6, 6.07) is 14.1. The number of thioether (sulfide) groups is 1. The Balaban J connectivity index is 1.24. The van der Waals surface area contributed by atoms with Crippen LogP contribution in [0, 0.1) is 5.92 Å². The predicted molar refractivity (Wildman–Crippen MR) is 140 cm³/mol. The average molecular weight is 510 g/mol. The van der Waals surface area contributed by atoms with Crippen LogP contribution in [0.2, 0.25) is 0 Å². The molecule has 1 atom stereocenters. The molecule has 1 aromatic carbocycles. The number of benzene rings is 1. The molecule has 3 aromatic rings. The van der Waals surface area contributed by atoms with Gasteiger partial charge in [0.15, 0.2) is 11.0 Å². The van der Waals surface area contributed by atoms with E-state index in [1.165, 1.54) is 18.2 Å². The standard InChI is InChI=1S/C26H31N5O2S2/c1-19-17-29(14-15-30(19)25(33)20-9-4-2-5-10-20)23(32)18-35-26-28-27-24(22-13-8-16-34-22)31(26)21-11-6-3-7-12-21/h3,6-8,11-13,16,19-20H,2,4-5,9-10,14-15,17-18H2,1H3. The van der Waals surface area contributed by atoms with Gasteiger partial charge in [-0.1, -0.05) is 55.3 Å². The zero-order valence-electron chi connectivity index (χ0n) is 20.0. The van der Waals surface area contributed by atoms with Crippen molar-refractivity contribution in [3.8, 4) is 16.4 Å². The summed E-state index contributed by atoms with van der Waals surface area (Å²) in [6.45, 7) is 3.86. The van der Waals surface area contributed by atoms with Crippen molar-refractivity contribution in [3.63, 3.8) is 0 Å². The molecule has 9 heteroatoms. The molecule has 1 saturated heterocycles. The first kappa shape index (κ1) is 24.1. The van der Waals surface area contributed by atoms with E-state index in [9.17, 15) is 9.59 Å². The van der Waals surface area contributed by atoms with Crippen molar-refractivity contribution in [2.24, 2.45) is 5.92 Å². The first-order chi connectivity index (χ1) is 17.1. The van der Waals surface area contributed by atoms with E-state index in [1.807, 2.05) is 62.2 Å². The van der Waals surface area contributed by atoms with Gasteiger partial charge in [0, 0.05) is 37.3 Å². The van der Waals surface area contributed by atoms with Gasteiger partial charge in [0.2, 0.25) is 11.8 Å². The van der Waals surface area contributed by atoms with Crippen LogP contribution in [-0.2, 0) is 9.59 Å². The minimum atomic E-state index is 0.0468. The highest BCUT2D eigenvalue weighted by Gasteiger charge is 2.33. The van der Waals surface area contributed by atoms with E-state index in [2.05, 4.69) is 17.1 Å². The third kappa shape index (κ3) is 5.30. The third-order valence-corrected chi connectivity index (χ3v) is 8.71. The molecule has 2 aliphatic rings. The molecule has 2 aromatic heterocycles. The van der Waals surface area contributed by atoms with Crippen LogP contribution in [0.15, 0.2) is 53.0 Å².